The van der Waals surface area contributed by atoms with E-state index in [1.165, 1.54) is 64.8 Å². The molecule has 3 saturated heterocycles. The second-order valence-corrected chi connectivity index (χ2v) is 23.0. The lowest BCUT2D eigenvalue weighted by atomic mass is 9.95. The molecule has 6 aromatic rings. The molecule has 0 bridgehead atoms. The summed E-state index contributed by atoms with van der Waals surface area (Å²) in [6.45, 7) is -2.03. The summed E-state index contributed by atoms with van der Waals surface area (Å²) >= 11 is 1.01. The van der Waals surface area contributed by atoms with Gasteiger partial charge in [-0.05, 0) is 6.42 Å². The van der Waals surface area contributed by atoms with Gasteiger partial charge in [0.25, 0.3) is 17.1 Å². The largest absolute Gasteiger partial charge is 0.490 e. The molecule has 6 aromatic heterocycles. The lowest BCUT2D eigenvalue weighted by Crippen LogP contribution is -2.45. The minimum absolute atomic E-state index is 0.0161. The Kier molecular flexibility index (Phi) is 16.2. The van der Waals surface area contributed by atoms with Crippen molar-refractivity contribution in [3.63, 3.8) is 0 Å². The van der Waals surface area contributed by atoms with Crippen molar-refractivity contribution in [2.45, 2.75) is 73.1 Å². The molecule has 3 aliphatic rings. The Morgan fingerprint density at radius 2 is 1.41 bits per heavy atom. The monoisotopic (exact) mass is 1150 g/mol. The molecule has 0 aromatic carbocycles. The van der Waals surface area contributed by atoms with Crippen LogP contribution >= 0.6 is 35.2 Å². The normalized spacial score (nSPS) is 29.4. The van der Waals surface area contributed by atoms with E-state index in [9.17, 15) is 53.3 Å². The number of H-pyrrole nitrogens is 2. The van der Waals surface area contributed by atoms with Gasteiger partial charge in [0.2, 0.25) is 17.7 Å². The fraction of sp³-hybridized carbons (Fsp3) is 0.583. The highest BCUT2D eigenvalue weighted by atomic mass is 32.2. The van der Waals surface area contributed by atoms with Crippen LogP contribution in [0.3, 0.4) is 0 Å². The van der Waals surface area contributed by atoms with Crippen molar-refractivity contribution in [1.29, 1.82) is 0 Å². The minimum atomic E-state index is -6.05. The number of rotatable bonds is 22. The molecule has 0 radical (unpaired) electrons. The van der Waals surface area contributed by atoms with Gasteiger partial charge in [-0.3, -0.25) is 42.3 Å². The first-order valence-electron chi connectivity index (χ1n) is 22.3. The molecule has 14 N–H and O–H groups in total. The summed E-state index contributed by atoms with van der Waals surface area (Å²) in [5.74, 6) is -1.54. The van der Waals surface area contributed by atoms with Crippen molar-refractivity contribution in [2.24, 2.45) is 13.0 Å². The number of nitrogens with zero attached hydrogens (tertiary/aromatic N) is 10. The molecule has 3 aliphatic heterocycles. The number of ether oxygens (including phenoxy) is 6. The number of hydrogen-bond donors (Lipinski definition) is 11. The number of aliphatic hydroxyl groups excluding tert-OH is 3. The van der Waals surface area contributed by atoms with E-state index < -0.39 is 120 Å². The number of aromatic nitrogens is 12. The number of phosphoric acid groups is 3. The maximum absolute atomic E-state index is 13.3. The van der Waals surface area contributed by atoms with Crippen LogP contribution in [0.2, 0.25) is 0 Å². The van der Waals surface area contributed by atoms with Gasteiger partial charge < -0.3 is 75.6 Å². The van der Waals surface area contributed by atoms with Gasteiger partial charge in [-0.25, -0.2) is 38.2 Å². The smallest absolute Gasteiger partial charge is 0.387 e. The molecule has 0 spiro atoms. The molecule has 36 nitrogen and oxygen atoms in total. The average Bonchev–Trinajstić information content (AvgIpc) is 4.22. The van der Waals surface area contributed by atoms with Crippen LogP contribution in [0.15, 0.2) is 34.9 Å². The van der Waals surface area contributed by atoms with E-state index in [0.717, 1.165) is 11.8 Å². The Balaban J connectivity index is 0.846. The highest BCUT2D eigenvalue weighted by molar-refractivity contribution is 7.99. The van der Waals surface area contributed by atoms with Crippen molar-refractivity contribution in [1.82, 2.24) is 53.6 Å². The van der Waals surface area contributed by atoms with Crippen LogP contribution in [0.5, 0.6) is 0 Å². The van der Waals surface area contributed by atoms with E-state index in [4.69, 9.17) is 54.7 Å². The molecule has 15 atom stereocenters. The maximum atomic E-state index is 13.3. The summed E-state index contributed by atoms with van der Waals surface area (Å²) in [5.41, 5.74) is 16.6. The SMILES string of the molecule is COCC[C@H]1[C@@H](O)[C@H]([n+]2cn(C)c3c(=O)[nH]c(N)nc32)O[C@@H]1COP(=O)(O)OP(=O)(O)OP(=O)(O)OC[C@H]1O[C@@H](n2cnc3c(N)ncnc32)[C@H](OC)[C@@H]1SCOC[C@H]1O[C@@H](n2cnc3c(=O)[nH]c(N)nc32)[C@H](O)[C@@H]1O. The van der Waals surface area contributed by atoms with Gasteiger partial charge in [0.1, 0.15) is 42.4 Å². The number of anilines is 3. The number of aliphatic hydroxyl groups is 3. The molecule has 9 rings (SSSR count). The van der Waals surface area contributed by atoms with Crippen LogP contribution in [0.1, 0.15) is 25.1 Å². The van der Waals surface area contributed by atoms with Gasteiger partial charge in [-0.2, -0.15) is 13.6 Å². The Labute approximate surface area is 429 Å². The first-order chi connectivity index (χ1) is 36.0. The average molecular weight is 1150 g/mol. The van der Waals surface area contributed by atoms with Crippen LogP contribution < -0.4 is 32.9 Å². The molecule has 0 saturated carbocycles. The molecule has 40 heteroatoms. The lowest BCUT2D eigenvalue weighted by Gasteiger charge is -2.24. The molecular weight excluding hydrogens is 1100 g/mol. The van der Waals surface area contributed by atoms with Gasteiger partial charge in [0, 0.05) is 26.7 Å². The summed E-state index contributed by atoms with van der Waals surface area (Å²) in [6, 6.07) is 0. The summed E-state index contributed by atoms with van der Waals surface area (Å²) in [4.78, 5) is 86.1. The number of fused-ring (bicyclic) bond motifs is 3. The maximum Gasteiger partial charge on any atom is 0.490 e. The Morgan fingerprint density at radius 1 is 0.763 bits per heavy atom. The zero-order valence-electron chi connectivity index (χ0n) is 39.7. The third kappa shape index (κ3) is 11.3. The molecule has 416 valence electrons. The fourth-order valence-corrected chi connectivity index (χ4v) is 13.7. The predicted octanol–water partition coefficient (Wildman–Crippen LogP) is -2.85. The molecule has 3 fully saturated rings. The van der Waals surface area contributed by atoms with E-state index in [-0.39, 0.29) is 76.8 Å². The number of phosphoric ester groups is 2. The molecule has 0 amide bonds. The number of methoxy groups -OCH3 is 2. The Morgan fingerprint density at radius 3 is 2.11 bits per heavy atom. The first kappa shape index (κ1) is 55.8. The number of nitrogen functional groups attached to an aromatic ring is 3. The summed E-state index contributed by atoms with van der Waals surface area (Å²) < 4.78 is 98.9. The van der Waals surface area contributed by atoms with E-state index >= 15 is 0 Å². The quantitative estimate of drug-likeness (QED) is 0.0141. The van der Waals surface area contributed by atoms with Crippen LogP contribution in [0, 0.1) is 5.92 Å². The van der Waals surface area contributed by atoms with Crippen molar-refractivity contribution in [3.05, 3.63) is 46.0 Å². The molecule has 9 heterocycles. The number of aryl methyl sites for hydroxylation is 1. The highest BCUT2D eigenvalue weighted by Gasteiger charge is 2.52. The van der Waals surface area contributed by atoms with Crippen LogP contribution in [-0.4, -0.2) is 178 Å². The molecule has 76 heavy (non-hydrogen) atoms. The first-order valence-corrected chi connectivity index (χ1v) is 27.9. The standard InChI is InChI=1S/C36H50N15O21P3S/c1-48-12-51(29-20(48)31(56)47-36(39)45-29)32-21(52)14(4-5-63-2)15(68-32)7-66-73(57,58)71-75(61,62)72-74(59,60)67-8-17-25(24(64-3)34(70-17)49-10-42-18-26(37)40-9-41-27(18)49)76-13-65-6-16-22(53)23(54)33(69-16)50-11-43-19-28(50)44-35(38)46-30(19)55/h9-12,14-17,21-25,32-34,52-54H,4-8,13H2,1-3H3,(H10-,37,38,39,40,41,44,45,46,47,55,56,57,58,59,60,61,62)/p+1/t14-,15-,16-,17-,21-,22-,23-,24-,25-,32-,33-,34-/m1/s1. The Hall–Kier alpha value is -4.95. The topological polar surface area (TPSA) is 505 Å². The van der Waals surface area contributed by atoms with Crippen LogP contribution in [0.25, 0.3) is 33.5 Å². The van der Waals surface area contributed by atoms with Crippen molar-refractivity contribution >= 4 is 86.4 Å². The summed E-state index contributed by atoms with van der Waals surface area (Å²) in [6.07, 6.45) is -7.53. The minimum Gasteiger partial charge on any atom is -0.387 e. The zero-order chi connectivity index (χ0) is 54.6. The molecule has 0 aliphatic carbocycles. The number of hydrogen-bond acceptors (Lipinski definition) is 28. The number of thioether (sulfide) groups is 1. The van der Waals surface area contributed by atoms with Gasteiger partial charge in [-0.15, -0.1) is 11.8 Å². The van der Waals surface area contributed by atoms with Crippen LogP contribution in [0.4, 0.5) is 17.7 Å². The van der Waals surface area contributed by atoms with E-state index in [1.807, 2.05) is 0 Å². The van der Waals surface area contributed by atoms with Crippen molar-refractivity contribution in [3.8, 4) is 0 Å². The Bertz CT molecular complexity index is 3370. The number of aromatic amines is 2. The van der Waals surface area contributed by atoms with E-state index in [0.29, 0.717) is 0 Å². The highest BCUT2D eigenvalue weighted by Crippen LogP contribution is 2.68. The molecule has 3 unspecified atom stereocenters. The van der Waals surface area contributed by atoms with Gasteiger partial charge in [0.15, 0.2) is 41.4 Å². The van der Waals surface area contributed by atoms with Gasteiger partial charge in [0.05, 0.1) is 62.9 Å². The number of imidazole rings is 3. The van der Waals surface area contributed by atoms with Crippen molar-refractivity contribution < 1.29 is 94.4 Å². The summed E-state index contributed by atoms with van der Waals surface area (Å²) in [5, 5.41) is 32.3. The third-order valence-electron chi connectivity index (χ3n) is 12.4. The third-order valence-corrected chi connectivity index (χ3v) is 17.9. The number of nitrogens with one attached hydrogen (secondary N) is 2. The van der Waals surface area contributed by atoms with Gasteiger partial charge in [-0.1, -0.05) is 4.98 Å². The second kappa shape index (κ2) is 22.1. The number of nitrogens with two attached hydrogens (primary N) is 3. The van der Waals surface area contributed by atoms with E-state index in [1.54, 1.807) is 0 Å². The van der Waals surface area contributed by atoms with Crippen molar-refractivity contribution in [2.75, 3.05) is 63.8 Å². The fourth-order valence-electron chi connectivity index (χ4n) is 9.00. The van der Waals surface area contributed by atoms with Crippen LogP contribution in [-0.2, 0) is 66.8 Å². The zero-order valence-corrected chi connectivity index (χ0v) is 43.2. The summed E-state index contributed by atoms with van der Waals surface area (Å²) in [7, 11) is -13.2. The van der Waals surface area contributed by atoms with Gasteiger partial charge >= 0.3 is 29.1 Å². The molecular formula is C36H51N15O21P3S+. The lowest BCUT2D eigenvalue weighted by molar-refractivity contribution is -0.745. The second-order valence-electron chi connectivity index (χ2n) is 17.2. The van der Waals surface area contributed by atoms with E-state index in [2.05, 4.69) is 48.5 Å². The predicted molar refractivity (Wildman–Crippen MR) is 255 cm³/mol.